The number of morpholine rings is 1. The van der Waals surface area contributed by atoms with E-state index < -0.39 is 40.7 Å². The van der Waals surface area contributed by atoms with Crippen molar-refractivity contribution in [1.82, 2.24) is 5.32 Å². The minimum atomic E-state index is -5.04. The number of alkyl halides is 4. The van der Waals surface area contributed by atoms with Gasteiger partial charge in [-0.2, -0.15) is 13.2 Å². The lowest BCUT2D eigenvalue weighted by atomic mass is 9.83. The molecule has 0 aliphatic carbocycles. The summed E-state index contributed by atoms with van der Waals surface area (Å²) in [6.07, 6.45) is -5.04. The summed E-state index contributed by atoms with van der Waals surface area (Å²) in [4.78, 5) is 11.5. The van der Waals surface area contributed by atoms with Crippen LogP contribution in [-0.2, 0) is 15.1 Å². The fourth-order valence-electron chi connectivity index (χ4n) is 2.19. The lowest BCUT2D eigenvalue weighted by Gasteiger charge is -2.48. The maximum atomic E-state index is 14.0. The van der Waals surface area contributed by atoms with E-state index in [1.807, 2.05) is 0 Å². The van der Waals surface area contributed by atoms with Crippen LogP contribution in [0, 0.1) is 5.82 Å². The highest BCUT2D eigenvalue weighted by molar-refractivity contribution is 9.10. The van der Waals surface area contributed by atoms with E-state index in [2.05, 4.69) is 26.0 Å². The first-order chi connectivity index (χ1) is 9.51. The van der Waals surface area contributed by atoms with E-state index in [-0.39, 0.29) is 0 Å². The van der Waals surface area contributed by atoms with Gasteiger partial charge in [0.25, 0.3) is 5.06 Å². The summed E-state index contributed by atoms with van der Waals surface area (Å²) >= 11 is 8.68. The number of nitrogens with one attached hydrogen (secondary N) is 1. The first-order valence-corrected chi connectivity index (χ1v) is 6.84. The highest BCUT2D eigenvalue weighted by atomic mass is 79.9. The predicted octanol–water partition coefficient (Wildman–Crippen LogP) is 3.45. The Labute approximate surface area is 130 Å². The van der Waals surface area contributed by atoms with Crippen molar-refractivity contribution in [3.05, 3.63) is 34.1 Å². The van der Waals surface area contributed by atoms with Crippen LogP contribution in [0.2, 0.25) is 0 Å². The summed E-state index contributed by atoms with van der Waals surface area (Å²) in [5, 5.41) is -1.18. The van der Waals surface area contributed by atoms with Crippen LogP contribution in [0.3, 0.4) is 0 Å². The van der Waals surface area contributed by atoms with Gasteiger partial charge in [0, 0.05) is 10.0 Å². The van der Waals surface area contributed by atoms with Crippen LogP contribution in [0.25, 0.3) is 0 Å². The number of rotatable bonds is 1. The molecule has 1 amide bonds. The Morgan fingerprint density at radius 3 is 2.62 bits per heavy atom. The van der Waals surface area contributed by atoms with Gasteiger partial charge >= 0.3 is 6.18 Å². The average molecular weight is 391 g/mol. The van der Waals surface area contributed by atoms with Gasteiger partial charge < -0.3 is 10.1 Å². The van der Waals surface area contributed by atoms with Crippen molar-refractivity contribution in [1.29, 1.82) is 0 Å². The third kappa shape index (κ3) is 2.53. The second-order valence-electron chi connectivity index (χ2n) is 4.68. The van der Waals surface area contributed by atoms with Gasteiger partial charge in [-0.15, -0.1) is 0 Å². The van der Waals surface area contributed by atoms with Crippen molar-refractivity contribution >= 4 is 33.4 Å². The smallest absolute Gasteiger partial charge is 0.340 e. The zero-order chi connectivity index (χ0) is 16.1. The van der Waals surface area contributed by atoms with E-state index in [0.717, 1.165) is 19.1 Å². The van der Waals surface area contributed by atoms with E-state index in [1.165, 1.54) is 6.07 Å². The molecule has 1 aromatic carbocycles. The largest absolute Gasteiger partial charge is 0.434 e. The van der Waals surface area contributed by atoms with Gasteiger partial charge in [-0.3, -0.25) is 4.79 Å². The molecule has 2 unspecified atom stereocenters. The fraction of sp³-hybridized carbons (Fsp3) is 0.417. The summed E-state index contributed by atoms with van der Waals surface area (Å²) in [5.74, 6) is -1.77. The molecule has 1 N–H and O–H groups in total. The van der Waals surface area contributed by atoms with E-state index in [1.54, 1.807) is 0 Å². The van der Waals surface area contributed by atoms with Crippen molar-refractivity contribution in [2.24, 2.45) is 0 Å². The monoisotopic (exact) mass is 389 g/mol. The summed E-state index contributed by atoms with van der Waals surface area (Å²) in [6.45, 7) is 0.101. The molecule has 1 aromatic rings. The molecule has 1 fully saturated rings. The number of ether oxygens (including phenoxy) is 1. The van der Waals surface area contributed by atoms with Crippen LogP contribution in [-0.4, -0.2) is 23.8 Å². The number of hydrogen-bond acceptors (Lipinski definition) is 2. The quantitative estimate of drug-likeness (QED) is 0.589. The van der Waals surface area contributed by atoms with Crippen molar-refractivity contribution < 1.29 is 27.1 Å². The van der Waals surface area contributed by atoms with Crippen molar-refractivity contribution in [3.63, 3.8) is 0 Å². The topological polar surface area (TPSA) is 38.3 Å². The maximum Gasteiger partial charge on any atom is 0.434 e. The second kappa shape index (κ2) is 5.10. The Bertz CT molecular complexity index is 597. The lowest BCUT2D eigenvalue weighted by Crippen LogP contribution is -2.69. The molecule has 2 rings (SSSR count). The molecular formula is C12H9BrClF4NO2. The van der Waals surface area contributed by atoms with Crippen LogP contribution in [0.5, 0.6) is 0 Å². The van der Waals surface area contributed by atoms with E-state index in [0.29, 0.717) is 4.47 Å². The summed E-state index contributed by atoms with van der Waals surface area (Å²) in [6, 6.07) is 3.41. The van der Waals surface area contributed by atoms with E-state index in [9.17, 15) is 22.4 Å². The van der Waals surface area contributed by atoms with Crippen LogP contribution in [0.1, 0.15) is 12.5 Å². The standard InChI is InChI=1S/C12H9BrClF4NO2/c1-10(7-4-6(13)2-3-8(7)15)11(14,12(16,17)18)21-5-9(20)19-10/h2-4H,5H2,1H3,(H,19,20). The first-order valence-electron chi connectivity index (χ1n) is 5.67. The van der Waals surface area contributed by atoms with Crippen molar-refractivity contribution in [3.8, 4) is 0 Å². The zero-order valence-electron chi connectivity index (χ0n) is 10.5. The molecule has 21 heavy (non-hydrogen) atoms. The third-order valence-electron chi connectivity index (χ3n) is 3.27. The SMILES string of the molecule is CC1(c2cc(Br)ccc2F)NC(=O)COC1(Cl)C(F)(F)F. The molecule has 1 saturated heterocycles. The molecule has 0 radical (unpaired) electrons. The predicted molar refractivity (Wildman–Crippen MR) is 70.2 cm³/mol. The number of halogens is 6. The van der Waals surface area contributed by atoms with Gasteiger partial charge in [-0.1, -0.05) is 27.5 Å². The first kappa shape index (κ1) is 16.5. The van der Waals surface area contributed by atoms with Crippen LogP contribution in [0.15, 0.2) is 22.7 Å². The van der Waals surface area contributed by atoms with E-state index >= 15 is 0 Å². The molecule has 0 bridgehead atoms. The highest BCUT2D eigenvalue weighted by Gasteiger charge is 2.69. The number of amides is 1. The Morgan fingerprint density at radius 1 is 1.43 bits per heavy atom. The molecular weight excluding hydrogens is 381 g/mol. The maximum absolute atomic E-state index is 14.0. The lowest BCUT2D eigenvalue weighted by molar-refractivity contribution is -0.274. The van der Waals surface area contributed by atoms with Gasteiger partial charge in [-0.25, -0.2) is 4.39 Å². The number of carbonyl (C=O) groups excluding carboxylic acids is 1. The Hall–Kier alpha value is -0.860. The average Bonchev–Trinajstić information content (AvgIpc) is 2.36. The summed E-state index contributed by atoms with van der Waals surface area (Å²) < 4.78 is 58.9. The van der Waals surface area contributed by atoms with Crippen LogP contribution >= 0.6 is 27.5 Å². The minimum absolute atomic E-state index is 0.334. The molecule has 9 heteroatoms. The third-order valence-corrected chi connectivity index (χ3v) is 4.46. The second-order valence-corrected chi connectivity index (χ2v) is 6.13. The Balaban J connectivity index is 2.68. The summed E-state index contributed by atoms with van der Waals surface area (Å²) in [7, 11) is 0. The Morgan fingerprint density at radius 2 is 2.05 bits per heavy atom. The van der Waals surface area contributed by atoms with Gasteiger partial charge in [0.2, 0.25) is 5.91 Å². The molecule has 116 valence electrons. The molecule has 2 atom stereocenters. The van der Waals surface area contributed by atoms with Crippen LogP contribution < -0.4 is 5.32 Å². The normalized spacial score (nSPS) is 30.1. The number of benzene rings is 1. The molecule has 0 saturated carbocycles. The molecule has 1 heterocycles. The van der Waals surface area contributed by atoms with Gasteiger partial charge in [0.15, 0.2) is 0 Å². The van der Waals surface area contributed by atoms with Crippen molar-refractivity contribution in [2.45, 2.75) is 23.7 Å². The zero-order valence-corrected chi connectivity index (χ0v) is 12.9. The molecule has 1 aliphatic rings. The van der Waals surface area contributed by atoms with Gasteiger partial charge in [0.05, 0.1) is 0 Å². The van der Waals surface area contributed by atoms with Crippen molar-refractivity contribution in [2.75, 3.05) is 6.61 Å². The number of carbonyl (C=O) groups is 1. The molecule has 3 nitrogen and oxygen atoms in total. The van der Waals surface area contributed by atoms with Gasteiger partial charge in [0.1, 0.15) is 18.0 Å². The molecule has 1 aliphatic heterocycles. The van der Waals surface area contributed by atoms with E-state index in [4.69, 9.17) is 11.6 Å². The van der Waals surface area contributed by atoms with Crippen LogP contribution in [0.4, 0.5) is 17.6 Å². The Kier molecular flexibility index (Phi) is 4.01. The minimum Gasteiger partial charge on any atom is -0.340 e. The van der Waals surface area contributed by atoms with Gasteiger partial charge in [-0.05, 0) is 25.1 Å². The highest BCUT2D eigenvalue weighted by Crippen LogP contribution is 2.51. The summed E-state index contributed by atoms with van der Waals surface area (Å²) in [5.41, 5.74) is -2.76. The molecule has 0 aromatic heterocycles. The fourth-order valence-corrected chi connectivity index (χ4v) is 2.76. The molecule has 0 spiro atoms. The number of hydrogen-bond donors (Lipinski definition) is 1.